The van der Waals surface area contributed by atoms with Crippen molar-refractivity contribution in [3.05, 3.63) is 71.6 Å². The summed E-state index contributed by atoms with van der Waals surface area (Å²) < 4.78 is 24.8. The third kappa shape index (κ3) is 4.23. The highest BCUT2D eigenvalue weighted by molar-refractivity contribution is 7.17. The predicted octanol–water partition coefficient (Wildman–Crippen LogP) is 4.31. The highest BCUT2D eigenvalue weighted by Crippen LogP contribution is 2.37. The van der Waals surface area contributed by atoms with E-state index in [9.17, 15) is 9.18 Å². The quantitative estimate of drug-likeness (QED) is 0.448. The van der Waals surface area contributed by atoms with Gasteiger partial charge in [-0.05, 0) is 35.9 Å². The van der Waals surface area contributed by atoms with Crippen molar-refractivity contribution in [1.82, 2.24) is 15.3 Å². The van der Waals surface area contributed by atoms with Gasteiger partial charge in [0.1, 0.15) is 35.9 Å². The smallest absolute Gasteiger partial charge is 0.251 e. The lowest BCUT2D eigenvalue weighted by molar-refractivity contribution is 0.0962. The molecular formula is C22H18FN3O3S. The average Bonchev–Trinajstić information content (AvgIpc) is 3.22. The maximum atomic E-state index is 13.3. The number of amides is 1. The van der Waals surface area contributed by atoms with Crippen LogP contribution in [0, 0.1) is 5.82 Å². The Labute approximate surface area is 176 Å². The van der Waals surface area contributed by atoms with E-state index >= 15 is 0 Å². The second kappa shape index (κ2) is 8.87. The van der Waals surface area contributed by atoms with Crippen molar-refractivity contribution in [3.8, 4) is 22.8 Å². The number of aromatic nitrogens is 2. The van der Waals surface area contributed by atoms with Crippen molar-refractivity contribution in [3.63, 3.8) is 0 Å². The molecule has 0 aliphatic carbocycles. The Hall–Kier alpha value is -3.52. The molecule has 8 heteroatoms. The Kier molecular flexibility index (Phi) is 5.85. The minimum absolute atomic E-state index is 0.175. The van der Waals surface area contributed by atoms with Crippen molar-refractivity contribution >= 4 is 27.5 Å². The number of hydrogen-bond donors (Lipinski definition) is 1. The lowest BCUT2D eigenvalue weighted by Crippen LogP contribution is -2.17. The minimum atomic E-state index is -0.288. The van der Waals surface area contributed by atoms with Gasteiger partial charge in [-0.25, -0.2) is 14.4 Å². The predicted molar refractivity (Wildman–Crippen MR) is 114 cm³/mol. The molecule has 4 aromatic rings. The van der Waals surface area contributed by atoms with Crippen LogP contribution in [0.1, 0.15) is 10.4 Å². The molecule has 2 aromatic carbocycles. The van der Waals surface area contributed by atoms with Gasteiger partial charge >= 0.3 is 0 Å². The molecule has 0 atom stereocenters. The Balaban J connectivity index is 1.46. The van der Waals surface area contributed by atoms with Gasteiger partial charge in [0.25, 0.3) is 5.91 Å². The molecule has 1 N–H and O–H groups in total. The summed E-state index contributed by atoms with van der Waals surface area (Å²) in [6.07, 6.45) is 1.45. The van der Waals surface area contributed by atoms with Gasteiger partial charge in [-0.15, -0.1) is 11.3 Å². The standard InChI is InChI=1S/C22H18FN3O3S/c1-24-20(27)15-3-2-4-17(11-15)28-9-10-29-21-19-18(12-30-22(19)26-13-25-21)14-5-7-16(23)8-6-14/h2-8,11-13H,9-10H2,1H3,(H,24,27). The number of benzene rings is 2. The molecular weight excluding hydrogens is 405 g/mol. The van der Waals surface area contributed by atoms with Crippen LogP contribution in [0.2, 0.25) is 0 Å². The summed E-state index contributed by atoms with van der Waals surface area (Å²) in [6, 6.07) is 13.2. The van der Waals surface area contributed by atoms with Crippen LogP contribution in [0.3, 0.4) is 0 Å². The molecule has 0 aliphatic rings. The van der Waals surface area contributed by atoms with Crippen molar-refractivity contribution in [2.75, 3.05) is 20.3 Å². The molecule has 0 bridgehead atoms. The van der Waals surface area contributed by atoms with Crippen LogP contribution in [0.4, 0.5) is 4.39 Å². The molecule has 0 unspecified atom stereocenters. The summed E-state index contributed by atoms with van der Waals surface area (Å²) in [5.41, 5.74) is 2.28. The Bertz CT molecular complexity index is 1180. The number of ether oxygens (including phenoxy) is 2. The van der Waals surface area contributed by atoms with E-state index in [1.54, 1.807) is 43.4 Å². The number of carbonyl (C=O) groups excluding carboxylic acids is 1. The summed E-state index contributed by atoms with van der Waals surface area (Å²) in [4.78, 5) is 21.1. The van der Waals surface area contributed by atoms with E-state index in [-0.39, 0.29) is 24.9 Å². The van der Waals surface area contributed by atoms with Gasteiger partial charge in [-0.1, -0.05) is 18.2 Å². The van der Waals surface area contributed by atoms with Gasteiger partial charge in [0.2, 0.25) is 5.88 Å². The van der Waals surface area contributed by atoms with Crippen molar-refractivity contribution in [1.29, 1.82) is 0 Å². The fraction of sp³-hybridized carbons (Fsp3) is 0.136. The summed E-state index contributed by atoms with van der Waals surface area (Å²) in [6.45, 7) is 0.535. The van der Waals surface area contributed by atoms with Gasteiger partial charge in [-0.3, -0.25) is 4.79 Å². The zero-order valence-corrected chi connectivity index (χ0v) is 16.9. The average molecular weight is 423 g/mol. The van der Waals surface area contributed by atoms with E-state index in [1.165, 1.54) is 29.8 Å². The maximum absolute atomic E-state index is 13.3. The summed E-state index contributed by atoms with van der Waals surface area (Å²) in [5.74, 6) is 0.563. The fourth-order valence-corrected chi connectivity index (χ4v) is 3.87. The van der Waals surface area contributed by atoms with Crippen molar-refractivity contribution in [2.45, 2.75) is 0 Å². The van der Waals surface area contributed by atoms with Crippen molar-refractivity contribution in [2.24, 2.45) is 0 Å². The number of rotatable bonds is 7. The number of halogens is 1. The molecule has 4 rings (SSSR count). The molecule has 0 spiro atoms. The highest BCUT2D eigenvalue weighted by Gasteiger charge is 2.14. The van der Waals surface area contributed by atoms with Gasteiger partial charge in [0.15, 0.2) is 0 Å². The third-order valence-corrected chi connectivity index (χ3v) is 5.29. The van der Waals surface area contributed by atoms with Crippen LogP contribution in [0.5, 0.6) is 11.6 Å². The Morgan fingerprint density at radius 3 is 2.70 bits per heavy atom. The van der Waals surface area contributed by atoms with E-state index < -0.39 is 0 Å². The van der Waals surface area contributed by atoms with Crippen molar-refractivity contribution < 1.29 is 18.7 Å². The first-order valence-electron chi connectivity index (χ1n) is 9.21. The van der Waals surface area contributed by atoms with Gasteiger partial charge in [0, 0.05) is 23.6 Å². The molecule has 1 amide bonds. The number of thiophene rings is 1. The topological polar surface area (TPSA) is 73.3 Å². The van der Waals surface area contributed by atoms with E-state index in [0.717, 1.165) is 21.3 Å². The summed E-state index contributed by atoms with van der Waals surface area (Å²) in [7, 11) is 1.58. The number of fused-ring (bicyclic) bond motifs is 1. The van der Waals surface area contributed by atoms with Crippen LogP contribution in [-0.2, 0) is 0 Å². The molecule has 2 aromatic heterocycles. The summed E-state index contributed by atoms with van der Waals surface area (Å²) in [5, 5.41) is 5.33. The van der Waals surface area contributed by atoms with Crippen LogP contribution in [0.25, 0.3) is 21.3 Å². The molecule has 0 fully saturated rings. The van der Waals surface area contributed by atoms with Crippen LogP contribution in [-0.4, -0.2) is 36.1 Å². The van der Waals surface area contributed by atoms with Crippen LogP contribution >= 0.6 is 11.3 Å². The number of nitrogens with zero attached hydrogens (tertiary/aromatic N) is 2. The van der Waals surface area contributed by atoms with E-state index in [1.807, 2.05) is 5.38 Å². The molecule has 0 saturated heterocycles. The molecule has 2 heterocycles. The molecule has 152 valence electrons. The first-order chi connectivity index (χ1) is 14.7. The van der Waals surface area contributed by atoms with Crippen LogP contribution in [0.15, 0.2) is 60.2 Å². The Morgan fingerprint density at radius 2 is 1.90 bits per heavy atom. The monoisotopic (exact) mass is 423 g/mol. The first kappa shape index (κ1) is 19.8. The second-order valence-electron chi connectivity index (χ2n) is 6.32. The summed E-state index contributed by atoms with van der Waals surface area (Å²) >= 11 is 1.48. The molecule has 0 radical (unpaired) electrons. The van der Waals surface area contributed by atoms with Gasteiger partial charge < -0.3 is 14.8 Å². The molecule has 0 saturated carbocycles. The second-order valence-corrected chi connectivity index (χ2v) is 7.18. The normalized spacial score (nSPS) is 10.7. The maximum Gasteiger partial charge on any atom is 0.251 e. The first-order valence-corrected chi connectivity index (χ1v) is 10.1. The number of hydrogen-bond acceptors (Lipinski definition) is 6. The zero-order valence-electron chi connectivity index (χ0n) is 16.1. The van der Waals surface area contributed by atoms with E-state index in [2.05, 4.69) is 15.3 Å². The van der Waals surface area contributed by atoms with Gasteiger partial charge in [0.05, 0.1) is 5.39 Å². The SMILES string of the molecule is CNC(=O)c1cccc(OCCOc2ncnc3scc(-c4ccc(F)cc4)c23)c1. The zero-order chi connectivity index (χ0) is 20.9. The number of carbonyl (C=O) groups is 1. The minimum Gasteiger partial charge on any atom is -0.490 e. The molecule has 0 aliphatic heterocycles. The molecule has 6 nitrogen and oxygen atoms in total. The molecule has 30 heavy (non-hydrogen) atoms. The van der Waals surface area contributed by atoms with Gasteiger partial charge in [-0.2, -0.15) is 0 Å². The largest absolute Gasteiger partial charge is 0.490 e. The number of nitrogens with one attached hydrogen (secondary N) is 1. The van der Waals surface area contributed by atoms with E-state index in [0.29, 0.717) is 17.2 Å². The fourth-order valence-electron chi connectivity index (χ4n) is 2.97. The van der Waals surface area contributed by atoms with E-state index in [4.69, 9.17) is 9.47 Å². The highest BCUT2D eigenvalue weighted by atomic mass is 32.1. The Morgan fingerprint density at radius 1 is 1.10 bits per heavy atom. The lowest BCUT2D eigenvalue weighted by atomic mass is 10.1. The lowest BCUT2D eigenvalue weighted by Gasteiger charge is -2.10. The van der Waals surface area contributed by atoms with Crippen LogP contribution < -0.4 is 14.8 Å². The third-order valence-electron chi connectivity index (χ3n) is 4.40.